The van der Waals surface area contributed by atoms with Crippen LogP contribution >= 0.6 is 0 Å². The van der Waals surface area contributed by atoms with Crippen LogP contribution in [0.5, 0.6) is 0 Å². The fraction of sp³-hybridized carbons (Fsp3) is 0.318. The van der Waals surface area contributed by atoms with Crippen molar-refractivity contribution in [2.24, 2.45) is 7.05 Å². The molecule has 6 nitrogen and oxygen atoms in total. The minimum atomic E-state index is -4.41. The first-order valence-electron chi connectivity index (χ1n) is 9.95. The molecule has 2 N–H and O–H groups in total. The van der Waals surface area contributed by atoms with Crippen LogP contribution in [-0.2, 0) is 13.2 Å². The zero-order valence-corrected chi connectivity index (χ0v) is 17.1. The highest BCUT2D eigenvalue weighted by Crippen LogP contribution is 2.32. The Morgan fingerprint density at radius 1 is 1.26 bits per heavy atom. The molecule has 0 spiro atoms. The molecule has 162 valence electrons. The molecule has 3 aromatic rings. The number of aromatic nitrogens is 3. The number of hydrogen-bond acceptors (Lipinski definition) is 5. The van der Waals surface area contributed by atoms with E-state index in [9.17, 15) is 18.0 Å². The largest absolute Gasteiger partial charge is 0.416 e. The van der Waals surface area contributed by atoms with Gasteiger partial charge < -0.3 is 15.2 Å². The van der Waals surface area contributed by atoms with Gasteiger partial charge in [-0.1, -0.05) is 18.2 Å². The van der Waals surface area contributed by atoms with Gasteiger partial charge in [0.15, 0.2) is 5.82 Å². The highest BCUT2D eigenvalue weighted by molar-refractivity contribution is 5.91. The molecule has 0 aliphatic carbocycles. The Balaban J connectivity index is 1.75. The average Bonchev–Trinajstić information content (AvgIpc) is 2.76. The monoisotopic (exact) mass is 429 g/mol. The van der Waals surface area contributed by atoms with E-state index in [4.69, 9.17) is 0 Å². The second kappa shape index (κ2) is 8.14. The van der Waals surface area contributed by atoms with Gasteiger partial charge in [0, 0.05) is 24.5 Å². The van der Waals surface area contributed by atoms with Gasteiger partial charge in [0.2, 0.25) is 0 Å². The van der Waals surface area contributed by atoms with Crippen LogP contribution in [0.15, 0.2) is 47.4 Å². The van der Waals surface area contributed by atoms with Gasteiger partial charge in [0.1, 0.15) is 0 Å². The average molecular weight is 429 g/mol. The molecule has 0 unspecified atom stereocenters. The third-order valence-corrected chi connectivity index (χ3v) is 5.53. The number of aryl methyl sites for hydroxylation is 1. The molecule has 4 rings (SSSR count). The Kier molecular flexibility index (Phi) is 5.53. The molecule has 0 amide bonds. The van der Waals surface area contributed by atoms with Crippen LogP contribution in [0, 0.1) is 0 Å². The van der Waals surface area contributed by atoms with Crippen LogP contribution in [0.4, 0.5) is 19.0 Å². The first-order valence-corrected chi connectivity index (χ1v) is 9.95. The van der Waals surface area contributed by atoms with Crippen LogP contribution in [0.1, 0.15) is 36.1 Å². The van der Waals surface area contributed by atoms with Crippen LogP contribution in [0.3, 0.4) is 0 Å². The second-order valence-electron chi connectivity index (χ2n) is 7.59. The summed E-state index contributed by atoms with van der Waals surface area (Å²) in [6.07, 6.45) is -0.163. The molecule has 31 heavy (non-hydrogen) atoms. The maximum absolute atomic E-state index is 13.1. The molecular weight excluding hydrogens is 407 g/mol. The summed E-state index contributed by atoms with van der Waals surface area (Å²) in [4.78, 5) is 12.9. The molecule has 1 aliphatic rings. The summed E-state index contributed by atoms with van der Waals surface area (Å²) >= 11 is 0. The molecule has 1 aliphatic heterocycles. The van der Waals surface area contributed by atoms with E-state index in [1.54, 1.807) is 26.1 Å². The Bertz CT molecular complexity index is 1220. The number of rotatable bonds is 4. The van der Waals surface area contributed by atoms with Gasteiger partial charge in [0.25, 0.3) is 5.56 Å². The summed E-state index contributed by atoms with van der Waals surface area (Å²) in [5.41, 5.74) is 1.81. The van der Waals surface area contributed by atoms with E-state index in [0.29, 0.717) is 34.4 Å². The number of alkyl halides is 3. The lowest BCUT2D eigenvalue weighted by atomic mass is 10.00. The maximum atomic E-state index is 13.1. The Morgan fingerprint density at radius 2 is 2.06 bits per heavy atom. The molecular formula is C22H22F3N5O. The lowest BCUT2D eigenvalue weighted by molar-refractivity contribution is -0.137. The summed E-state index contributed by atoms with van der Waals surface area (Å²) in [5, 5.41) is 15.2. The van der Waals surface area contributed by atoms with E-state index < -0.39 is 17.8 Å². The number of anilines is 1. The summed E-state index contributed by atoms with van der Waals surface area (Å²) in [6, 6.07) is 6.52. The lowest BCUT2D eigenvalue weighted by Gasteiger charge is -2.19. The SMILES string of the molecule is C[C@@H](Nc1nncc2c1cc(C1=CCNCC1)c(=O)n2C)c1cccc(C(F)(F)F)c1. The third kappa shape index (κ3) is 4.18. The number of benzene rings is 1. The smallest absolute Gasteiger partial charge is 0.361 e. The van der Waals surface area contributed by atoms with E-state index in [0.717, 1.165) is 30.7 Å². The molecule has 2 aromatic heterocycles. The first-order chi connectivity index (χ1) is 14.8. The second-order valence-corrected chi connectivity index (χ2v) is 7.59. The standard InChI is InChI=1S/C22H22F3N5O/c1-13(15-4-3-5-16(10-15)22(23,24)25)28-20-18-11-17(14-6-8-26-9-7-14)21(31)30(2)19(18)12-27-29-20/h3-6,10-13,26H,7-9H2,1-2H3,(H,28,29)/t13-/m1/s1. The van der Waals surface area contributed by atoms with Crippen molar-refractivity contribution in [3.63, 3.8) is 0 Å². The molecule has 0 saturated heterocycles. The first kappa shape index (κ1) is 21.0. The fourth-order valence-corrected chi connectivity index (χ4v) is 3.77. The van der Waals surface area contributed by atoms with Crippen molar-refractivity contribution in [3.8, 4) is 0 Å². The quantitative estimate of drug-likeness (QED) is 0.658. The third-order valence-electron chi connectivity index (χ3n) is 5.53. The summed E-state index contributed by atoms with van der Waals surface area (Å²) in [7, 11) is 1.68. The fourth-order valence-electron chi connectivity index (χ4n) is 3.77. The van der Waals surface area contributed by atoms with E-state index in [1.807, 2.05) is 6.08 Å². The number of nitrogens with one attached hydrogen (secondary N) is 2. The van der Waals surface area contributed by atoms with Crippen LogP contribution in [0.2, 0.25) is 0 Å². The highest BCUT2D eigenvalue weighted by atomic mass is 19.4. The molecule has 0 fully saturated rings. The van der Waals surface area contributed by atoms with Gasteiger partial charge in [-0.25, -0.2) is 0 Å². The van der Waals surface area contributed by atoms with Crippen LogP contribution < -0.4 is 16.2 Å². The Hall–Kier alpha value is -3.20. The zero-order chi connectivity index (χ0) is 22.2. The van der Waals surface area contributed by atoms with Crippen molar-refractivity contribution in [3.05, 3.63) is 69.6 Å². The zero-order valence-electron chi connectivity index (χ0n) is 17.1. The van der Waals surface area contributed by atoms with Crippen LogP contribution in [-0.4, -0.2) is 27.9 Å². The Labute approximate surface area is 176 Å². The molecule has 9 heteroatoms. The van der Waals surface area contributed by atoms with Crippen LogP contribution in [0.25, 0.3) is 16.5 Å². The predicted molar refractivity (Wildman–Crippen MR) is 114 cm³/mol. The van der Waals surface area contributed by atoms with E-state index in [2.05, 4.69) is 20.8 Å². The number of halogens is 3. The number of fused-ring (bicyclic) bond motifs is 1. The van der Waals surface area contributed by atoms with Crippen molar-refractivity contribution < 1.29 is 13.2 Å². The topological polar surface area (TPSA) is 71.8 Å². The molecule has 1 atom stereocenters. The van der Waals surface area contributed by atoms with Gasteiger partial charge in [-0.15, -0.1) is 5.10 Å². The van der Waals surface area contributed by atoms with Crippen molar-refractivity contribution in [1.82, 2.24) is 20.1 Å². The van der Waals surface area contributed by atoms with E-state index in [-0.39, 0.29) is 5.56 Å². The van der Waals surface area contributed by atoms with Crippen molar-refractivity contribution in [1.29, 1.82) is 0 Å². The molecule has 0 bridgehead atoms. The number of hydrogen-bond donors (Lipinski definition) is 2. The normalized spacial score (nSPS) is 15.6. The molecule has 3 heterocycles. The van der Waals surface area contributed by atoms with E-state index in [1.165, 1.54) is 16.8 Å². The summed E-state index contributed by atoms with van der Waals surface area (Å²) in [6.45, 7) is 3.25. The van der Waals surface area contributed by atoms with Gasteiger partial charge >= 0.3 is 6.18 Å². The van der Waals surface area contributed by atoms with Crippen molar-refractivity contribution in [2.45, 2.75) is 25.6 Å². The van der Waals surface area contributed by atoms with Crippen molar-refractivity contribution >= 4 is 22.3 Å². The molecule has 0 radical (unpaired) electrons. The van der Waals surface area contributed by atoms with Gasteiger partial charge in [-0.2, -0.15) is 18.3 Å². The number of pyridine rings is 1. The van der Waals surface area contributed by atoms with Gasteiger partial charge in [0.05, 0.1) is 23.3 Å². The number of nitrogens with zero attached hydrogens (tertiary/aromatic N) is 3. The Morgan fingerprint density at radius 3 is 2.77 bits per heavy atom. The van der Waals surface area contributed by atoms with Gasteiger partial charge in [-0.3, -0.25) is 4.79 Å². The summed E-state index contributed by atoms with van der Waals surface area (Å²) in [5.74, 6) is 0.411. The highest BCUT2D eigenvalue weighted by Gasteiger charge is 2.30. The van der Waals surface area contributed by atoms with Gasteiger partial charge in [-0.05, 0) is 49.2 Å². The van der Waals surface area contributed by atoms with E-state index >= 15 is 0 Å². The minimum absolute atomic E-state index is 0.120. The molecule has 1 aromatic carbocycles. The summed E-state index contributed by atoms with van der Waals surface area (Å²) < 4.78 is 40.8. The van der Waals surface area contributed by atoms with Crippen molar-refractivity contribution in [2.75, 3.05) is 18.4 Å². The lowest BCUT2D eigenvalue weighted by Crippen LogP contribution is -2.26. The minimum Gasteiger partial charge on any atom is -0.361 e. The molecule has 0 saturated carbocycles. The predicted octanol–water partition coefficient (Wildman–Crippen LogP) is 3.90. The maximum Gasteiger partial charge on any atom is 0.416 e.